The van der Waals surface area contributed by atoms with Crippen molar-refractivity contribution in [2.24, 2.45) is 0 Å². The van der Waals surface area contributed by atoms with Crippen LogP contribution in [0.3, 0.4) is 0 Å². The molecular weight excluding hydrogens is 431 g/mol. The standard InChI is InChI=1S/C19H19FN4O2S3/c1-2-3-8-16-22-23-18(29-16)21-15(25)9-10-24-17(26)14(28-19(24)27)11-12-6-4-5-7-13(12)20/h4-7,11H,2-3,8-10H2,1H3,(H,21,23,25). The normalized spacial score (nSPS) is 15.4. The maximum atomic E-state index is 13.8. The molecular formula is C19H19FN4O2S3. The minimum atomic E-state index is -0.410. The summed E-state index contributed by atoms with van der Waals surface area (Å²) < 4.78 is 14.2. The number of thiocarbonyl (C=S) groups is 1. The zero-order chi connectivity index (χ0) is 20.8. The highest BCUT2D eigenvalue weighted by molar-refractivity contribution is 8.26. The molecule has 2 aromatic rings. The quantitative estimate of drug-likeness (QED) is 0.479. The average Bonchev–Trinajstić information content (AvgIpc) is 3.24. The van der Waals surface area contributed by atoms with Crippen LogP contribution in [-0.2, 0) is 16.0 Å². The summed E-state index contributed by atoms with van der Waals surface area (Å²) in [5.41, 5.74) is 0.320. The number of hydrogen-bond donors (Lipinski definition) is 1. The van der Waals surface area contributed by atoms with Crippen LogP contribution in [0.5, 0.6) is 0 Å². The first-order valence-electron chi connectivity index (χ1n) is 9.10. The molecule has 0 radical (unpaired) electrons. The van der Waals surface area contributed by atoms with Gasteiger partial charge in [0, 0.05) is 24.9 Å². The lowest BCUT2D eigenvalue weighted by molar-refractivity contribution is -0.122. The first kappa shape index (κ1) is 21.5. The van der Waals surface area contributed by atoms with Crippen molar-refractivity contribution in [1.82, 2.24) is 15.1 Å². The lowest BCUT2D eigenvalue weighted by atomic mass is 10.2. The molecule has 1 N–H and O–H groups in total. The van der Waals surface area contributed by atoms with Gasteiger partial charge in [-0.3, -0.25) is 14.5 Å². The molecule has 2 amide bonds. The molecule has 1 aromatic carbocycles. The van der Waals surface area contributed by atoms with E-state index in [0.29, 0.717) is 19.9 Å². The summed E-state index contributed by atoms with van der Waals surface area (Å²) >= 11 is 7.71. The summed E-state index contributed by atoms with van der Waals surface area (Å²) in [6.45, 7) is 2.25. The summed E-state index contributed by atoms with van der Waals surface area (Å²) in [6.07, 6.45) is 4.49. The number of aromatic nitrogens is 2. The molecule has 6 nitrogen and oxygen atoms in total. The predicted molar refractivity (Wildman–Crippen MR) is 118 cm³/mol. The fourth-order valence-corrected chi connectivity index (χ4v) is 4.65. The zero-order valence-corrected chi connectivity index (χ0v) is 18.1. The van der Waals surface area contributed by atoms with Crippen LogP contribution in [0.4, 0.5) is 9.52 Å². The molecule has 29 heavy (non-hydrogen) atoms. The number of benzene rings is 1. The summed E-state index contributed by atoms with van der Waals surface area (Å²) in [4.78, 5) is 26.5. The number of carbonyl (C=O) groups is 2. The molecule has 0 spiro atoms. The highest BCUT2D eigenvalue weighted by Crippen LogP contribution is 2.33. The molecule has 1 aliphatic heterocycles. The molecule has 3 rings (SSSR count). The van der Waals surface area contributed by atoms with Gasteiger partial charge in [0.25, 0.3) is 5.91 Å². The Kier molecular flexibility index (Phi) is 7.45. The average molecular weight is 451 g/mol. The number of nitrogens with zero attached hydrogens (tertiary/aromatic N) is 3. The van der Waals surface area contributed by atoms with E-state index in [1.54, 1.807) is 18.2 Å². The minimum Gasteiger partial charge on any atom is -0.300 e. The van der Waals surface area contributed by atoms with E-state index >= 15 is 0 Å². The Morgan fingerprint density at radius 3 is 2.90 bits per heavy atom. The van der Waals surface area contributed by atoms with Crippen LogP contribution in [-0.4, -0.2) is 37.8 Å². The van der Waals surface area contributed by atoms with Gasteiger partial charge in [0.2, 0.25) is 11.0 Å². The van der Waals surface area contributed by atoms with E-state index < -0.39 is 5.82 Å². The van der Waals surface area contributed by atoms with Crippen molar-refractivity contribution in [2.75, 3.05) is 11.9 Å². The predicted octanol–water partition coefficient (Wildman–Crippen LogP) is 4.25. The van der Waals surface area contributed by atoms with Gasteiger partial charge < -0.3 is 5.32 Å². The topological polar surface area (TPSA) is 75.2 Å². The summed E-state index contributed by atoms with van der Waals surface area (Å²) in [5.74, 6) is -1.00. The van der Waals surface area contributed by atoms with E-state index in [1.165, 1.54) is 28.4 Å². The van der Waals surface area contributed by atoms with Crippen LogP contribution >= 0.6 is 35.3 Å². The van der Waals surface area contributed by atoms with Crippen molar-refractivity contribution in [3.63, 3.8) is 0 Å². The minimum absolute atomic E-state index is 0.0727. The van der Waals surface area contributed by atoms with Crippen molar-refractivity contribution in [3.8, 4) is 0 Å². The van der Waals surface area contributed by atoms with Crippen molar-refractivity contribution in [1.29, 1.82) is 0 Å². The number of carbonyl (C=O) groups excluding carboxylic acids is 2. The lowest BCUT2D eigenvalue weighted by Crippen LogP contribution is -2.31. The number of rotatable bonds is 8. The number of nitrogens with one attached hydrogen (secondary N) is 1. The Labute approximate surface area is 181 Å². The van der Waals surface area contributed by atoms with Gasteiger partial charge in [0.1, 0.15) is 15.1 Å². The molecule has 0 saturated carbocycles. The van der Waals surface area contributed by atoms with Gasteiger partial charge in [0.15, 0.2) is 0 Å². The Hall–Kier alpha value is -2.17. The van der Waals surface area contributed by atoms with Crippen molar-refractivity contribution in [2.45, 2.75) is 32.6 Å². The van der Waals surface area contributed by atoms with E-state index in [1.807, 2.05) is 0 Å². The highest BCUT2D eigenvalue weighted by atomic mass is 32.2. The summed E-state index contributed by atoms with van der Waals surface area (Å²) in [5, 5.41) is 12.1. The van der Waals surface area contributed by atoms with E-state index in [2.05, 4.69) is 22.4 Å². The van der Waals surface area contributed by atoms with Gasteiger partial charge in [-0.2, -0.15) is 0 Å². The fourth-order valence-electron chi connectivity index (χ4n) is 2.55. The van der Waals surface area contributed by atoms with E-state index in [-0.39, 0.29) is 24.8 Å². The van der Waals surface area contributed by atoms with Crippen molar-refractivity contribution < 1.29 is 14.0 Å². The first-order valence-corrected chi connectivity index (χ1v) is 11.1. The second-order valence-electron chi connectivity index (χ2n) is 6.26. The van der Waals surface area contributed by atoms with E-state index in [9.17, 15) is 14.0 Å². The van der Waals surface area contributed by atoms with Crippen LogP contribution in [0.15, 0.2) is 29.2 Å². The maximum Gasteiger partial charge on any atom is 0.266 e. The Morgan fingerprint density at radius 1 is 1.34 bits per heavy atom. The van der Waals surface area contributed by atoms with Crippen LogP contribution in [0.25, 0.3) is 6.08 Å². The van der Waals surface area contributed by atoms with Crippen molar-refractivity contribution in [3.05, 3.63) is 45.6 Å². The molecule has 152 valence electrons. The Morgan fingerprint density at radius 2 is 2.14 bits per heavy atom. The van der Waals surface area contributed by atoms with E-state index in [4.69, 9.17) is 12.2 Å². The molecule has 10 heteroatoms. The fraction of sp³-hybridized carbons (Fsp3) is 0.316. The monoisotopic (exact) mass is 450 g/mol. The number of unbranched alkanes of at least 4 members (excludes halogenated alkanes) is 1. The lowest BCUT2D eigenvalue weighted by Gasteiger charge is -2.13. The van der Waals surface area contributed by atoms with Crippen LogP contribution < -0.4 is 5.32 Å². The van der Waals surface area contributed by atoms with Crippen LogP contribution in [0, 0.1) is 5.82 Å². The van der Waals surface area contributed by atoms with E-state index in [0.717, 1.165) is 36.0 Å². The number of amides is 2. The second-order valence-corrected chi connectivity index (χ2v) is 9.00. The smallest absolute Gasteiger partial charge is 0.266 e. The van der Waals surface area contributed by atoms with Gasteiger partial charge in [-0.05, 0) is 18.6 Å². The largest absolute Gasteiger partial charge is 0.300 e. The first-order chi connectivity index (χ1) is 14.0. The number of anilines is 1. The molecule has 2 heterocycles. The van der Waals surface area contributed by atoms with Crippen molar-refractivity contribution >= 4 is 62.7 Å². The molecule has 0 bridgehead atoms. The molecule has 1 saturated heterocycles. The summed E-state index contributed by atoms with van der Waals surface area (Å²) in [6, 6.07) is 6.20. The molecule has 1 fully saturated rings. The molecule has 1 aromatic heterocycles. The Bertz CT molecular complexity index is 960. The van der Waals surface area contributed by atoms with Gasteiger partial charge in [-0.15, -0.1) is 10.2 Å². The number of hydrogen-bond acceptors (Lipinski definition) is 7. The molecule has 0 unspecified atom stereocenters. The molecule has 0 atom stereocenters. The number of aryl methyl sites for hydroxylation is 1. The SMILES string of the molecule is CCCCc1nnc(NC(=O)CCN2C(=O)C(=Cc3ccccc3F)SC2=S)s1. The van der Waals surface area contributed by atoms with Gasteiger partial charge in [0.05, 0.1) is 4.91 Å². The number of thioether (sulfide) groups is 1. The second kappa shape index (κ2) is 10.0. The van der Waals surface area contributed by atoms with Crippen LogP contribution in [0.1, 0.15) is 36.8 Å². The third-order valence-corrected chi connectivity index (χ3v) is 6.36. The van der Waals surface area contributed by atoms with Gasteiger partial charge in [-0.25, -0.2) is 4.39 Å². The highest BCUT2D eigenvalue weighted by Gasteiger charge is 2.32. The number of halogens is 1. The molecule has 1 aliphatic rings. The Balaban J connectivity index is 1.55. The molecule has 0 aliphatic carbocycles. The third-order valence-electron chi connectivity index (χ3n) is 4.09. The van der Waals surface area contributed by atoms with Gasteiger partial charge >= 0.3 is 0 Å². The summed E-state index contributed by atoms with van der Waals surface area (Å²) in [7, 11) is 0. The maximum absolute atomic E-state index is 13.8. The van der Waals surface area contributed by atoms with Crippen LogP contribution in [0.2, 0.25) is 0 Å². The van der Waals surface area contributed by atoms with Gasteiger partial charge in [-0.1, -0.05) is 66.9 Å². The third kappa shape index (κ3) is 5.68. The zero-order valence-electron chi connectivity index (χ0n) is 15.7.